The minimum atomic E-state index is -4.01. The number of likely N-dealkylation sites (N-methyl/N-ethyl adjacent to an activating group) is 1. The average Bonchev–Trinajstić information content (AvgIpc) is 3.00. The van der Waals surface area contributed by atoms with Crippen LogP contribution in [0.2, 0.25) is 0 Å². The number of hydrogen-bond acceptors (Lipinski definition) is 5. The minimum absolute atomic E-state index is 0.0250. The summed E-state index contributed by atoms with van der Waals surface area (Å²) in [6.07, 6.45) is 0. The molecule has 1 unspecified atom stereocenters. The van der Waals surface area contributed by atoms with Crippen LogP contribution in [-0.4, -0.2) is 31.4 Å². The molecule has 10 heteroatoms. The number of halogens is 2. The summed E-state index contributed by atoms with van der Waals surface area (Å²) in [5.74, 6) is -0.798. The first-order valence-corrected chi connectivity index (χ1v) is 11.9. The van der Waals surface area contributed by atoms with E-state index in [0.717, 1.165) is 0 Å². The van der Waals surface area contributed by atoms with Crippen molar-refractivity contribution in [2.45, 2.75) is 10.4 Å². The van der Waals surface area contributed by atoms with Gasteiger partial charge in [-0.05, 0) is 75.7 Å². The van der Waals surface area contributed by atoms with Gasteiger partial charge in [0.05, 0.1) is 4.47 Å². The Morgan fingerprint density at radius 2 is 1.66 bits per heavy atom. The van der Waals surface area contributed by atoms with Crippen molar-refractivity contribution in [2.75, 3.05) is 7.05 Å². The van der Waals surface area contributed by atoms with Gasteiger partial charge >= 0.3 is 10.1 Å². The second-order valence-electron chi connectivity index (χ2n) is 7.03. The van der Waals surface area contributed by atoms with Gasteiger partial charge in [0.25, 0.3) is 5.91 Å². The topological polar surface area (TPSA) is 75.7 Å². The molecule has 0 bridgehead atoms. The van der Waals surface area contributed by atoms with Crippen molar-refractivity contribution in [2.24, 2.45) is 0 Å². The van der Waals surface area contributed by atoms with Crippen molar-refractivity contribution in [3.05, 3.63) is 94.2 Å². The van der Waals surface area contributed by atoms with Crippen LogP contribution < -0.4 is 9.50 Å². The highest BCUT2D eigenvalue weighted by atomic mass is 79.9. The molecule has 0 aliphatic carbocycles. The number of hydrogen-bond donors (Lipinski definition) is 1. The molecule has 1 aliphatic heterocycles. The maximum atomic E-state index is 13.9. The number of rotatable bonds is 5. The zero-order chi connectivity index (χ0) is 23.1. The van der Waals surface area contributed by atoms with Gasteiger partial charge in [0.1, 0.15) is 16.5 Å². The molecule has 1 N–H and O–H groups in total. The minimum Gasteiger partial charge on any atom is -0.379 e. The third kappa shape index (κ3) is 3.68. The van der Waals surface area contributed by atoms with Crippen LogP contribution in [0.3, 0.4) is 0 Å². The SMILES string of the molecule is CN1C(=S)NC(=O)C1(c1ccc(OS(=O)(=O)c2ccccc2)cc1)c1ccc(F)c(Br)c1. The summed E-state index contributed by atoms with van der Waals surface area (Å²) in [5, 5.41) is 2.86. The molecular formula is C22H16BrFN2O4S2. The first-order valence-electron chi connectivity index (χ1n) is 9.31. The summed E-state index contributed by atoms with van der Waals surface area (Å²) in [6.45, 7) is 0. The summed E-state index contributed by atoms with van der Waals surface area (Å²) in [5.41, 5.74) is -0.388. The quantitative estimate of drug-likeness (QED) is 0.394. The lowest BCUT2D eigenvalue weighted by Gasteiger charge is -2.35. The molecule has 3 aromatic rings. The van der Waals surface area contributed by atoms with E-state index in [4.69, 9.17) is 16.4 Å². The van der Waals surface area contributed by atoms with Crippen LogP contribution in [0, 0.1) is 5.82 Å². The smallest absolute Gasteiger partial charge is 0.339 e. The van der Waals surface area contributed by atoms with Gasteiger partial charge in [0.2, 0.25) is 0 Å². The van der Waals surface area contributed by atoms with E-state index in [0.29, 0.717) is 11.1 Å². The normalized spacial score (nSPS) is 18.5. The fourth-order valence-corrected chi connectivity index (χ4v) is 5.19. The van der Waals surface area contributed by atoms with Crippen molar-refractivity contribution < 1.29 is 21.8 Å². The second-order valence-corrected chi connectivity index (χ2v) is 9.82. The van der Waals surface area contributed by atoms with E-state index in [1.165, 1.54) is 42.5 Å². The molecule has 0 aromatic heterocycles. The van der Waals surface area contributed by atoms with E-state index in [1.807, 2.05) is 0 Å². The van der Waals surface area contributed by atoms with Gasteiger partial charge in [0, 0.05) is 7.05 Å². The first kappa shape index (κ1) is 22.4. The van der Waals surface area contributed by atoms with Crippen molar-refractivity contribution in [3.63, 3.8) is 0 Å². The second kappa shape index (κ2) is 8.27. The highest BCUT2D eigenvalue weighted by Crippen LogP contribution is 2.40. The predicted octanol–water partition coefficient (Wildman–Crippen LogP) is 3.95. The summed E-state index contributed by atoms with van der Waals surface area (Å²) in [6, 6.07) is 18.1. The fourth-order valence-electron chi connectivity index (χ4n) is 3.63. The van der Waals surface area contributed by atoms with Gasteiger partial charge in [-0.25, -0.2) is 4.39 Å². The van der Waals surface area contributed by atoms with Crippen molar-refractivity contribution in [1.82, 2.24) is 10.2 Å². The zero-order valence-electron chi connectivity index (χ0n) is 16.6. The largest absolute Gasteiger partial charge is 0.379 e. The molecule has 4 rings (SSSR count). The molecular weight excluding hydrogens is 519 g/mol. The molecule has 6 nitrogen and oxygen atoms in total. The van der Waals surface area contributed by atoms with Crippen LogP contribution in [-0.2, 0) is 20.5 Å². The Morgan fingerprint density at radius 3 is 2.22 bits per heavy atom. The summed E-state index contributed by atoms with van der Waals surface area (Å²) in [7, 11) is -2.36. The van der Waals surface area contributed by atoms with Crippen molar-refractivity contribution >= 4 is 49.3 Å². The molecule has 1 saturated heterocycles. The van der Waals surface area contributed by atoms with Gasteiger partial charge in [-0.1, -0.05) is 36.4 Å². The third-order valence-corrected chi connectivity index (χ3v) is 7.45. The summed E-state index contributed by atoms with van der Waals surface area (Å²) in [4.78, 5) is 14.7. The molecule has 3 aromatic carbocycles. The lowest BCUT2D eigenvalue weighted by Crippen LogP contribution is -2.45. The number of carbonyl (C=O) groups excluding carboxylic acids is 1. The number of amides is 1. The van der Waals surface area contributed by atoms with Crippen LogP contribution in [0.1, 0.15) is 11.1 Å². The van der Waals surface area contributed by atoms with Crippen LogP contribution in [0.5, 0.6) is 5.75 Å². The van der Waals surface area contributed by atoms with E-state index in [1.54, 1.807) is 42.3 Å². The Hall–Kier alpha value is -2.82. The Bertz CT molecular complexity index is 1320. The molecule has 32 heavy (non-hydrogen) atoms. The summed E-state index contributed by atoms with van der Waals surface area (Å²) >= 11 is 8.45. The highest BCUT2D eigenvalue weighted by molar-refractivity contribution is 9.10. The molecule has 0 spiro atoms. The standard InChI is InChI=1S/C22H16BrFN2O4S2/c1-26-21(31)25-20(27)22(26,15-9-12-19(24)18(23)13-15)14-7-10-16(11-8-14)30-32(28,29)17-5-3-2-4-6-17/h2-13H,1H3,(H,25,27,31). The van der Waals surface area contributed by atoms with E-state index >= 15 is 0 Å². The monoisotopic (exact) mass is 534 g/mol. The van der Waals surface area contributed by atoms with Gasteiger partial charge in [-0.2, -0.15) is 8.42 Å². The van der Waals surface area contributed by atoms with E-state index < -0.39 is 27.4 Å². The van der Waals surface area contributed by atoms with Crippen molar-refractivity contribution in [3.8, 4) is 5.75 Å². The van der Waals surface area contributed by atoms with Crippen molar-refractivity contribution in [1.29, 1.82) is 0 Å². The maximum Gasteiger partial charge on any atom is 0.339 e. The van der Waals surface area contributed by atoms with Gasteiger partial charge in [0.15, 0.2) is 10.7 Å². The molecule has 164 valence electrons. The number of benzene rings is 3. The highest BCUT2D eigenvalue weighted by Gasteiger charge is 2.52. The Morgan fingerprint density at radius 1 is 1.03 bits per heavy atom. The number of carbonyl (C=O) groups is 1. The first-order chi connectivity index (χ1) is 15.2. The predicted molar refractivity (Wildman–Crippen MR) is 124 cm³/mol. The average molecular weight is 535 g/mol. The van der Waals surface area contributed by atoms with Crippen LogP contribution >= 0.6 is 28.1 Å². The van der Waals surface area contributed by atoms with Crippen LogP contribution in [0.25, 0.3) is 0 Å². The molecule has 1 heterocycles. The Labute approximate surface area is 198 Å². The molecule has 1 aliphatic rings. The van der Waals surface area contributed by atoms with Crippen LogP contribution in [0.4, 0.5) is 4.39 Å². The Kier molecular flexibility index (Phi) is 5.78. The Balaban J connectivity index is 1.76. The lowest BCUT2D eigenvalue weighted by atomic mass is 9.81. The van der Waals surface area contributed by atoms with E-state index in [-0.39, 0.29) is 20.2 Å². The number of nitrogens with one attached hydrogen (secondary N) is 1. The third-order valence-electron chi connectivity index (χ3n) is 5.20. The zero-order valence-corrected chi connectivity index (χ0v) is 19.8. The fraction of sp³-hybridized carbons (Fsp3) is 0.0909. The van der Waals surface area contributed by atoms with Gasteiger partial charge in [-0.3, -0.25) is 4.79 Å². The molecule has 1 fully saturated rings. The lowest BCUT2D eigenvalue weighted by molar-refractivity contribution is -0.124. The van der Waals surface area contributed by atoms with Gasteiger partial charge in [-0.15, -0.1) is 0 Å². The maximum absolute atomic E-state index is 13.9. The molecule has 0 radical (unpaired) electrons. The number of nitrogens with zero attached hydrogens (tertiary/aromatic N) is 1. The number of thiocarbonyl (C=S) groups is 1. The molecule has 1 amide bonds. The summed E-state index contributed by atoms with van der Waals surface area (Å²) < 4.78 is 44.3. The molecule has 1 atom stereocenters. The van der Waals surface area contributed by atoms with E-state index in [2.05, 4.69) is 21.2 Å². The van der Waals surface area contributed by atoms with Gasteiger partial charge < -0.3 is 14.4 Å². The van der Waals surface area contributed by atoms with Crippen LogP contribution in [0.15, 0.2) is 82.2 Å². The van der Waals surface area contributed by atoms with E-state index in [9.17, 15) is 17.6 Å². The molecule has 0 saturated carbocycles.